The van der Waals surface area contributed by atoms with Gasteiger partial charge in [-0.2, -0.15) is 0 Å². The Hall–Kier alpha value is -3.31. The van der Waals surface area contributed by atoms with Crippen LogP contribution in [0.3, 0.4) is 0 Å². The zero-order chi connectivity index (χ0) is 26.6. The number of benzene rings is 2. The van der Waals surface area contributed by atoms with Crippen LogP contribution in [0.25, 0.3) is 10.8 Å². The monoisotopic (exact) mass is 584 g/mol. The van der Waals surface area contributed by atoms with E-state index in [2.05, 4.69) is 50.1 Å². The molecule has 2 bridgehead atoms. The Morgan fingerprint density at radius 3 is 1.95 bits per heavy atom. The second-order valence-corrected chi connectivity index (χ2v) is 13.9. The molecule has 4 unspecified atom stereocenters. The van der Waals surface area contributed by atoms with Crippen LogP contribution >= 0.6 is 11.8 Å². The standard InChI is InChI=1S/C27H26GeO8S/c1-4-24(29)33-28(34-25(30)5-2,35-26(31)6-3)36-27(32)22-14-17-13-21(22)23(15-17)37-20-12-11-18-9-7-8-10-19(18)16-20/h4-12,16-17,21-23H,1-3,13-15H2. The first kappa shape index (κ1) is 26.7. The molecule has 2 aliphatic rings. The van der Waals surface area contributed by atoms with Crippen molar-refractivity contribution < 1.29 is 34.2 Å². The summed E-state index contributed by atoms with van der Waals surface area (Å²) in [4.78, 5) is 50.6. The van der Waals surface area contributed by atoms with Gasteiger partial charge < -0.3 is 0 Å². The average molecular weight is 583 g/mol. The fourth-order valence-electron chi connectivity index (χ4n) is 4.93. The summed E-state index contributed by atoms with van der Waals surface area (Å²) < 4.78 is 20.8. The predicted molar refractivity (Wildman–Crippen MR) is 139 cm³/mol. The summed E-state index contributed by atoms with van der Waals surface area (Å²) in [5.41, 5.74) is 0. The molecule has 37 heavy (non-hydrogen) atoms. The van der Waals surface area contributed by atoms with Gasteiger partial charge in [-0.05, 0) is 0 Å². The van der Waals surface area contributed by atoms with E-state index in [1.807, 2.05) is 12.1 Å². The van der Waals surface area contributed by atoms with Crippen LogP contribution in [-0.4, -0.2) is 43.7 Å². The van der Waals surface area contributed by atoms with E-state index in [-0.39, 0.29) is 11.2 Å². The molecule has 0 radical (unpaired) electrons. The molecule has 4 atom stereocenters. The molecule has 8 nitrogen and oxygen atoms in total. The van der Waals surface area contributed by atoms with Gasteiger partial charge >= 0.3 is 223 Å². The summed E-state index contributed by atoms with van der Waals surface area (Å²) >= 11 is -3.88. The third-order valence-corrected chi connectivity index (χ3v) is 11.6. The second-order valence-electron chi connectivity index (χ2n) is 8.81. The fourth-order valence-corrected chi connectivity index (χ4v) is 9.90. The van der Waals surface area contributed by atoms with Gasteiger partial charge in [0.1, 0.15) is 0 Å². The van der Waals surface area contributed by atoms with Crippen molar-refractivity contribution >= 4 is 61.0 Å². The molecule has 2 aliphatic carbocycles. The van der Waals surface area contributed by atoms with Gasteiger partial charge in [0, 0.05) is 0 Å². The first-order chi connectivity index (χ1) is 17.8. The summed E-state index contributed by atoms with van der Waals surface area (Å²) in [6.07, 6.45) is 4.73. The molecule has 0 spiro atoms. The Balaban J connectivity index is 1.53. The van der Waals surface area contributed by atoms with Crippen molar-refractivity contribution in [2.24, 2.45) is 17.8 Å². The molecule has 2 fully saturated rings. The molecular formula is C27H26GeO8S. The third-order valence-electron chi connectivity index (χ3n) is 6.47. The van der Waals surface area contributed by atoms with Gasteiger partial charge in [0.15, 0.2) is 0 Å². The van der Waals surface area contributed by atoms with Crippen LogP contribution < -0.4 is 0 Å². The Morgan fingerprint density at radius 1 is 0.784 bits per heavy atom. The Labute approximate surface area is 222 Å². The molecule has 0 aromatic heterocycles. The van der Waals surface area contributed by atoms with Gasteiger partial charge in [-0.1, -0.05) is 0 Å². The normalized spacial score (nSPS) is 22.1. The van der Waals surface area contributed by atoms with Gasteiger partial charge in [0.05, 0.1) is 0 Å². The van der Waals surface area contributed by atoms with Crippen molar-refractivity contribution in [2.75, 3.05) is 0 Å². The molecule has 2 aromatic carbocycles. The first-order valence-electron chi connectivity index (χ1n) is 11.7. The quantitative estimate of drug-likeness (QED) is 0.295. The van der Waals surface area contributed by atoms with Crippen molar-refractivity contribution in [1.82, 2.24) is 0 Å². The van der Waals surface area contributed by atoms with Crippen LogP contribution in [0.4, 0.5) is 0 Å². The summed E-state index contributed by atoms with van der Waals surface area (Å²) in [6, 6.07) is 14.4. The molecule has 0 N–H and O–H groups in total. The van der Waals surface area contributed by atoms with Crippen LogP contribution in [0.15, 0.2) is 85.3 Å². The Bertz CT molecular complexity index is 1220. The molecule has 0 heterocycles. The summed E-state index contributed by atoms with van der Waals surface area (Å²) in [5, 5.41) is 2.46. The molecule has 10 heteroatoms. The van der Waals surface area contributed by atoms with Crippen LogP contribution in [0.5, 0.6) is 0 Å². The number of thioether (sulfide) groups is 1. The second kappa shape index (κ2) is 11.4. The minimum absolute atomic E-state index is 0.00520. The maximum absolute atomic E-state index is 13.4. The first-order valence-corrected chi connectivity index (χ1v) is 16.0. The molecule has 0 aliphatic heterocycles. The van der Waals surface area contributed by atoms with Gasteiger partial charge in [-0.3, -0.25) is 0 Å². The number of fused-ring (bicyclic) bond motifs is 3. The fraction of sp³-hybridized carbons (Fsp3) is 0.259. The average Bonchev–Trinajstić information content (AvgIpc) is 3.49. The maximum atomic E-state index is 13.4. The van der Waals surface area contributed by atoms with Gasteiger partial charge in [-0.15, -0.1) is 0 Å². The molecule has 2 saturated carbocycles. The predicted octanol–water partition coefficient (Wildman–Crippen LogP) is 4.51. The van der Waals surface area contributed by atoms with Crippen LogP contribution in [0.1, 0.15) is 19.3 Å². The number of carbonyl (C=O) groups excluding carboxylic acids is 4. The zero-order valence-corrected chi connectivity index (χ0v) is 22.9. The van der Waals surface area contributed by atoms with Crippen LogP contribution in [-0.2, 0) is 34.2 Å². The minimum atomic E-state index is -5.61. The van der Waals surface area contributed by atoms with Crippen LogP contribution in [0, 0.1) is 17.8 Å². The molecule has 4 rings (SSSR count). The zero-order valence-electron chi connectivity index (χ0n) is 20.0. The van der Waals surface area contributed by atoms with Crippen molar-refractivity contribution in [2.45, 2.75) is 29.4 Å². The molecule has 192 valence electrons. The van der Waals surface area contributed by atoms with Crippen molar-refractivity contribution in [3.05, 3.63) is 80.4 Å². The van der Waals surface area contributed by atoms with E-state index >= 15 is 0 Å². The number of hydrogen-bond donors (Lipinski definition) is 0. The number of rotatable bonds is 10. The Kier molecular flexibility index (Phi) is 8.23. The van der Waals surface area contributed by atoms with Crippen LogP contribution in [0.2, 0.25) is 0 Å². The van der Waals surface area contributed by atoms with E-state index in [1.165, 1.54) is 0 Å². The molecular weight excluding hydrogens is 557 g/mol. The third kappa shape index (κ3) is 6.16. The Morgan fingerprint density at radius 2 is 1.38 bits per heavy atom. The van der Waals surface area contributed by atoms with E-state index < -0.39 is 44.4 Å². The summed E-state index contributed by atoms with van der Waals surface area (Å²) in [5.74, 6) is -4.16. The van der Waals surface area contributed by atoms with Gasteiger partial charge in [-0.25, -0.2) is 0 Å². The van der Waals surface area contributed by atoms with Crippen molar-refractivity contribution in [3.8, 4) is 0 Å². The number of hydrogen-bond acceptors (Lipinski definition) is 9. The summed E-state index contributed by atoms with van der Waals surface area (Å²) in [6.45, 7) is 9.87. The van der Waals surface area contributed by atoms with E-state index in [0.29, 0.717) is 12.3 Å². The number of carbonyl (C=O) groups is 4. The molecule has 0 amide bonds. The van der Waals surface area contributed by atoms with Gasteiger partial charge in [0.2, 0.25) is 0 Å². The molecule has 0 saturated heterocycles. The van der Waals surface area contributed by atoms with Crippen molar-refractivity contribution in [1.29, 1.82) is 0 Å². The topological polar surface area (TPSA) is 105 Å². The molecule has 2 aromatic rings. The SMILES string of the molecule is C=CC(=O)[O][Ge]([O]C(=O)C=C)([O]C(=O)C=C)[O]C(=O)C1CC2CC(Sc3ccc4ccccc4c3)C1C2. The van der Waals surface area contributed by atoms with Gasteiger partial charge in [0.25, 0.3) is 0 Å². The van der Waals surface area contributed by atoms with Crippen molar-refractivity contribution in [3.63, 3.8) is 0 Å². The van der Waals surface area contributed by atoms with E-state index in [1.54, 1.807) is 11.8 Å². The van der Waals surface area contributed by atoms with E-state index in [9.17, 15) is 19.2 Å². The summed E-state index contributed by atoms with van der Waals surface area (Å²) in [7, 11) is 0. The van der Waals surface area contributed by atoms with E-state index in [4.69, 9.17) is 15.1 Å². The van der Waals surface area contributed by atoms with E-state index in [0.717, 1.165) is 46.7 Å².